The van der Waals surface area contributed by atoms with E-state index in [1.54, 1.807) is 0 Å². The maximum atomic E-state index is 10.9. The molecular formula is C10H19NO3. The van der Waals surface area contributed by atoms with Gasteiger partial charge in [-0.25, -0.2) is 0 Å². The van der Waals surface area contributed by atoms with Gasteiger partial charge in [-0.05, 0) is 18.8 Å². The summed E-state index contributed by atoms with van der Waals surface area (Å²) >= 11 is 0. The number of nitrogens with one attached hydrogen (secondary N) is 1. The lowest BCUT2D eigenvalue weighted by atomic mass is 10.0. The number of aliphatic carboxylic acids is 1. The average Bonchev–Trinajstić information content (AvgIpc) is 2.14. The van der Waals surface area contributed by atoms with Crippen LogP contribution in [0.4, 0.5) is 0 Å². The first-order chi connectivity index (χ1) is 6.56. The number of carboxylic acids is 1. The molecule has 82 valence electrons. The van der Waals surface area contributed by atoms with E-state index < -0.39 is 5.97 Å². The molecule has 0 aliphatic heterocycles. The van der Waals surface area contributed by atoms with Crippen molar-refractivity contribution in [3.05, 3.63) is 0 Å². The number of carbonyl (C=O) groups excluding carboxylic acids is 1. The van der Waals surface area contributed by atoms with E-state index in [1.807, 2.05) is 13.8 Å². The SMILES string of the molecule is CCC(=O)NCCC(C)CCC(=O)O. The van der Waals surface area contributed by atoms with Crippen LogP contribution in [0.1, 0.15) is 39.5 Å². The second-order valence-electron chi connectivity index (χ2n) is 3.53. The van der Waals surface area contributed by atoms with Gasteiger partial charge in [-0.15, -0.1) is 0 Å². The highest BCUT2D eigenvalue weighted by atomic mass is 16.4. The Morgan fingerprint density at radius 1 is 1.36 bits per heavy atom. The van der Waals surface area contributed by atoms with Crippen LogP contribution in [-0.4, -0.2) is 23.5 Å². The molecule has 4 nitrogen and oxygen atoms in total. The Balaban J connectivity index is 3.39. The van der Waals surface area contributed by atoms with Gasteiger partial charge in [0.2, 0.25) is 5.91 Å². The van der Waals surface area contributed by atoms with Crippen molar-refractivity contribution in [1.29, 1.82) is 0 Å². The first-order valence-corrected chi connectivity index (χ1v) is 5.04. The lowest BCUT2D eigenvalue weighted by molar-refractivity contribution is -0.137. The molecule has 0 fully saturated rings. The van der Waals surface area contributed by atoms with Gasteiger partial charge in [0.05, 0.1) is 0 Å². The third kappa shape index (κ3) is 7.58. The zero-order chi connectivity index (χ0) is 11.0. The van der Waals surface area contributed by atoms with Crippen LogP contribution < -0.4 is 5.32 Å². The number of carboxylic acid groups (broad SMARTS) is 1. The van der Waals surface area contributed by atoms with E-state index >= 15 is 0 Å². The number of hydrogen-bond donors (Lipinski definition) is 2. The van der Waals surface area contributed by atoms with Crippen molar-refractivity contribution in [3.63, 3.8) is 0 Å². The van der Waals surface area contributed by atoms with E-state index in [1.165, 1.54) is 0 Å². The number of carbonyl (C=O) groups is 2. The van der Waals surface area contributed by atoms with E-state index in [-0.39, 0.29) is 12.3 Å². The van der Waals surface area contributed by atoms with Crippen molar-refractivity contribution in [2.24, 2.45) is 5.92 Å². The third-order valence-corrected chi connectivity index (χ3v) is 2.13. The molecule has 2 N–H and O–H groups in total. The normalized spacial score (nSPS) is 12.1. The summed E-state index contributed by atoms with van der Waals surface area (Å²) in [7, 11) is 0. The van der Waals surface area contributed by atoms with E-state index in [9.17, 15) is 9.59 Å². The van der Waals surface area contributed by atoms with Crippen LogP contribution in [0.3, 0.4) is 0 Å². The molecule has 14 heavy (non-hydrogen) atoms. The minimum absolute atomic E-state index is 0.0513. The van der Waals surface area contributed by atoms with Crippen LogP contribution in [0.25, 0.3) is 0 Å². The largest absolute Gasteiger partial charge is 0.481 e. The molecule has 0 heterocycles. The van der Waals surface area contributed by atoms with Gasteiger partial charge < -0.3 is 10.4 Å². The minimum Gasteiger partial charge on any atom is -0.481 e. The molecule has 0 aromatic rings. The summed E-state index contributed by atoms with van der Waals surface area (Å²) in [4.78, 5) is 21.1. The topological polar surface area (TPSA) is 66.4 Å². The summed E-state index contributed by atoms with van der Waals surface area (Å²) in [6.45, 7) is 4.46. The van der Waals surface area contributed by atoms with Crippen molar-refractivity contribution in [3.8, 4) is 0 Å². The summed E-state index contributed by atoms with van der Waals surface area (Å²) in [5.74, 6) is -0.354. The summed E-state index contributed by atoms with van der Waals surface area (Å²) in [5, 5.41) is 11.2. The van der Waals surface area contributed by atoms with E-state index in [0.29, 0.717) is 25.3 Å². The highest BCUT2D eigenvalue weighted by molar-refractivity contribution is 5.75. The highest BCUT2D eigenvalue weighted by Gasteiger charge is 2.05. The van der Waals surface area contributed by atoms with Crippen molar-refractivity contribution in [1.82, 2.24) is 5.32 Å². The summed E-state index contributed by atoms with van der Waals surface area (Å²) in [6.07, 6.45) is 2.24. The maximum absolute atomic E-state index is 10.9. The number of rotatable bonds is 7. The fourth-order valence-corrected chi connectivity index (χ4v) is 1.10. The molecule has 4 heteroatoms. The first-order valence-electron chi connectivity index (χ1n) is 5.04. The Hall–Kier alpha value is -1.06. The molecule has 1 atom stereocenters. The number of amides is 1. The van der Waals surface area contributed by atoms with Gasteiger partial charge in [0.1, 0.15) is 0 Å². The predicted molar refractivity (Wildman–Crippen MR) is 54.0 cm³/mol. The van der Waals surface area contributed by atoms with Crippen molar-refractivity contribution < 1.29 is 14.7 Å². The molecular weight excluding hydrogens is 182 g/mol. The van der Waals surface area contributed by atoms with E-state index in [2.05, 4.69) is 5.32 Å². The molecule has 0 bridgehead atoms. The predicted octanol–water partition coefficient (Wildman–Crippen LogP) is 1.40. The molecule has 0 rings (SSSR count). The van der Waals surface area contributed by atoms with Crippen LogP contribution in [0.2, 0.25) is 0 Å². The Morgan fingerprint density at radius 2 is 2.00 bits per heavy atom. The minimum atomic E-state index is -0.755. The van der Waals surface area contributed by atoms with Gasteiger partial charge in [0.25, 0.3) is 0 Å². The fourth-order valence-electron chi connectivity index (χ4n) is 1.10. The van der Waals surface area contributed by atoms with Gasteiger partial charge >= 0.3 is 5.97 Å². The zero-order valence-corrected chi connectivity index (χ0v) is 8.88. The van der Waals surface area contributed by atoms with E-state index in [0.717, 1.165) is 6.42 Å². The van der Waals surface area contributed by atoms with Crippen LogP contribution in [0.5, 0.6) is 0 Å². The van der Waals surface area contributed by atoms with Crippen molar-refractivity contribution in [2.75, 3.05) is 6.54 Å². The molecule has 0 radical (unpaired) electrons. The van der Waals surface area contributed by atoms with E-state index in [4.69, 9.17) is 5.11 Å². The van der Waals surface area contributed by atoms with Crippen molar-refractivity contribution >= 4 is 11.9 Å². The Kier molecular flexibility index (Phi) is 6.80. The van der Waals surface area contributed by atoms with Gasteiger partial charge in [-0.3, -0.25) is 9.59 Å². The van der Waals surface area contributed by atoms with Gasteiger partial charge in [0.15, 0.2) is 0 Å². The average molecular weight is 201 g/mol. The second kappa shape index (κ2) is 7.35. The standard InChI is InChI=1S/C10H19NO3/c1-3-9(12)11-7-6-8(2)4-5-10(13)14/h8H,3-7H2,1-2H3,(H,11,12)(H,13,14). The van der Waals surface area contributed by atoms with Crippen LogP contribution in [-0.2, 0) is 9.59 Å². The maximum Gasteiger partial charge on any atom is 0.303 e. The molecule has 0 spiro atoms. The molecule has 0 saturated heterocycles. The van der Waals surface area contributed by atoms with Crippen LogP contribution >= 0.6 is 0 Å². The molecule has 0 aromatic heterocycles. The quantitative estimate of drug-likeness (QED) is 0.654. The Morgan fingerprint density at radius 3 is 2.50 bits per heavy atom. The molecule has 1 unspecified atom stereocenters. The Labute approximate surface area is 84.7 Å². The lowest BCUT2D eigenvalue weighted by Crippen LogP contribution is -2.24. The molecule has 0 aliphatic carbocycles. The summed E-state index contributed by atoms with van der Waals surface area (Å²) < 4.78 is 0. The lowest BCUT2D eigenvalue weighted by Gasteiger charge is -2.09. The fraction of sp³-hybridized carbons (Fsp3) is 0.800. The Bertz CT molecular complexity index is 192. The smallest absolute Gasteiger partial charge is 0.303 e. The van der Waals surface area contributed by atoms with Crippen molar-refractivity contribution in [2.45, 2.75) is 39.5 Å². The summed E-state index contributed by atoms with van der Waals surface area (Å²) in [5.41, 5.74) is 0. The number of hydrogen-bond acceptors (Lipinski definition) is 2. The molecule has 0 aromatic carbocycles. The van der Waals surface area contributed by atoms with Gasteiger partial charge in [-0.2, -0.15) is 0 Å². The van der Waals surface area contributed by atoms with Gasteiger partial charge in [-0.1, -0.05) is 13.8 Å². The summed E-state index contributed by atoms with van der Waals surface area (Å²) in [6, 6.07) is 0. The zero-order valence-electron chi connectivity index (χ0n) is 8.88. The monoisotopic (exact) mass is 201 g/mol. The molecule has 0 aliphatic rings. The molecule has 1 amide bonds. The van der Waals surface area contributed by atoms with Crippen LogP contribution in [0, 0.1) is 5.92 Å². The first kappa shape index (κ1) is 12.9. The molecule has 0 saturated carbocycles. The third-order valence-electron chi connectivity index (χ3n) is 2.13. The van der Waals surface area contributed by atoms with Crippen LogP contribution in [0.15, 0.2) is 0 Å². The van der Waals surface area contributed by atoms with Gasteiger partial charge in [0, 0.05) is 19.4 Å². The second-order valence-corrected chi connectivity index (χ2v) is 3.53. The highest BCUT2D eigenvalue weighted by Crippen LogP contribution is 2.08.